The SMILES string of the molecule is CC/C=C\C/C=C\C/C=C\C/C=C\CCCCCCC(=O)OCC(COP(=O)(O)OCC(O)COP(=O)(O)OCC(COC(=O)CCCCCCC/C=C\CCCCCC)OC(=O)CCCCCCC/C=C\CCCC)OC(=O)CCCCCCC/C=C\CCCCCC. The fourth-order valence-electron chi connectivity index (χ4n) is 9.65. The summed E-state index contributed by atoms with van der Waals surface area (Å²) >= 11 is 0. The number of ether oxygens (including phenoxy) is 4. The van der Waals surface area contributed by atoms with Crippen LogP contribution in [0.25, 0.3) is 0 Å². The molecule has 3 N–H and O–H groups in total. The van der Waals surface area contributed by atoms with Gasteiger partial charge in [0.15, 0.2) is 12.2 Å². The highest BCUT2D eigenvalue weighted by atomic mass is 31.2. The first-order valence-corrected chi connectivity index (χ1v) is 39.8. The van der Waals surface area contributed by atoms with Gasteiger partial charge in [0.1, 0.15) is 19.3 Å². The van der Waals surface area contributed by atoms with Crippen LogP contribution in [-0.2, 0) is 65.4 Å². The summed E-state index contributed by atoms with van der Waals surface area (Å²) < 4.78 is 68.3. The van der Waals surface area contributed by atoms with Crippen molar-refractivity contribution >= 4 is 39.5 Å². The Morgan fingerprint density at radius 3 is 0.894 bits per heavy atom. The van der Waals surface area contributed by atoms with E-state index < -0.39 is 97.5 Å². The minimum Gasteiger partial charge on any atom is -0.462 e. The molecule has 0 bridgehead atoms. The van der Waals surface area contributed by atoms with Crippen molar-refractivity contribution in [3.8, 4) is 0 Å². The Morgan fingerprint density at radius 1 is 0.309 bits per heavy atom. The summed E-state index contributed by atoms with van der Waals surface area (Å²) in [4.78, 5) is 72.6. The third-order valence-electron chi connectivity index (χ3n) is 15.3. The molecule has 0 radical (unpaired) electrons. The highest BCUT2D eigenvalue weighted by Crippen LogP contribution is 2.45. The summed E-state index contributed by atoms with van der Waals surface area (Å²) in [5.74, 6) is -2.22. The fraction of sp³-hybridized carbons (Fsp3) is 0.760. The molecule has 0 aliphatic heterocycles. The van der Waals surface area contributed by atoms with Crippen LogP contribution in [0.1, 0.15) is 310 Å². The molecular formula is C75H132O17P2. The van der Waals surface area contributed by atoms with Crippen molar-refractivity contribution in [2.45, 2.75) is 329 Å². The van der Waals surface area contributed by atoms with Gasteiger partial charge in [0.25, 0.3) is 0 Å². The number of phosphoric ester groups is 2. The number of aliphatic hydroxyl groups is 1. The van der Waals surface area contributed by atoms with Crippen molar-refractivity contribution in [2.24, 2.45) is 0 Å². The molecule has 0 amide bonds. The molecule has 17 nitrogen and oxygen atoms in total. The average molecular weight is 1370 g/mol. The largest absolute Gasteiger partial charge is 0.472 e. The molecular weight excluding hydrogens is 1230 g/mol. The zero-order valence-corrected chi connectivity index (χ0v) is 60.9. The Bertz CT molecular complexity index is 2120. The third kappa shape index (κ3) is 66.8. The van der Waals surface area contributed by atoms with Crippen LogP contribution >= 0.6 is 15.6 Å². The van der Waals surface area contributed by atoms with Gasteiger partial charge in [-0.3, -0.25) is 37.3 Å². The molecule has 544 valence electrons. The van der Waals surface area contributed by atoms with Gasteiger partial charge in [-0.15, -0.1) is 0 Å². The molecule has 5 unspecified atom stereocenters. The van der Waals surface area contributed by atoms with Crippen LogP contribution in [0.3, 0.4) is 0 Å². The molecule has 19 heteroatoms. The molecule has 0 saturated carbocycles. The zero-order valence-electron chi connectivity index (χ0n) is 59.1. The topological polar surface area (TPSA) is 237 Å². The lowest BCUT2D eigenvalue weighted by Crippen LogP contribution is -2.30. The number of carbonyl (C=O) groups is 4. The predicted molar refractivity (Wildman–Crippen MR) is 381 cm³/mol. The summed E-state index contributed by atoms with van der Waals surface area (Å²) in [6.45, 7) is 4.64. The van der Waals surface area contributed by atoms with E-state index in [1.165, 1.54) is 64.2 Å². The van der Waals surface area contributed by atoms with Crippen LogP contribution in [0, 0.1) is 0 Å². The Morgan fingerprint density at radius 2 is 0.564 bits per heavy atom. The number of allylic oxidation sites excluding steroid dienone is 14. The Hall–Kier alpha value is -3.76. The Kier molecular flexibility index (Phi) is 65.1. The molecule has 0 fully saturated rings. The lowest BCUT2D eigenvalue weighted by atomic mass is 10.1. The highest BCUT2D eigenvalue weighted by molar-refractivity contribution is 7.47. The molecule has 0 aromatic carbocycles. The van der Waals surface area contributed by atoms with Crippen LogP contribution in [-0.4, -0.2) is 96.7 Å². The first-order valence-electron chi connectivity index (χ1n) is 36.8. The van der Waals surface area contributed by atoms with Crippen LogP contribution in [0.5, 0.6) is 0 Å². The number of hydrogen-bond acceptors (Lipinski definition) is 15. The van der Waals surface area contributed by atoms with E-state index in [-0.39, 0.29) is 25.7 Å². The fourth-order valence-corrected chi connectivity index (χ4v) is 11.2. The van der Waals surface area contributed by atoms with Crippen molar-refractivity contribution in [3.63, 3.8) is 0 Å². The van der Waals surface area contributed by atoms with E-state index in [2.05, 4.69) is 113 Å². The van der Waals surface area contributed by atoms with Gasteiger partial charge >= 0.3 is 39.5 Å². The Balaban J connectivity index is 5.34. The van der Waals surface area contributed by atoms with Crippen molar-refractivity contribution < 1.29 is 80.2 Å². The molecule has 94 heavy (non-hydrogen) atoms. The second kappa shape index (κ2) is 67.8. The third-order valence-corrected chi connectivity index (χ3v) is 17.2. The lowest BCUT2D eigenvalue weighted by Gasteiger charge is -2.21. The molecule has 0 heterocycles. The zero-order chi connectivity index (χ0) is 69.0. The van der Waals surface area contributed by atoms with Gasteiger partial charge in [-0.05, 0) is 135 Å². The predicted octanol–water partition coefficient (Wildman–Crippen LogP) is 20.7. The summed E-state index contributed by atoms with van der Waals surface area (Å²) in [7, 11) is -9.94. The first-order chi connectivity index (χ1) is 45.7. The number of aliphatic hydroxyl groups excluding tert-OH is 1. The van der Waals surface area contributed by atoms with Crippen LogP contribution < -0.4 is 0 Å². The van der Waals surface area contributed by atoms with Crippen molar-refractivity contribution in [1.29, 1.82) is 0 Å². The van der Waals surface area contributed by atoms with Gasteiger partial charge in [-0.2, -0.15) is 0 Å². The highest BCUT2D eigenvalue weighted by Gasteiger charge is 2.30. The molecule has 0 aliphatic carbocycles. The standard InChI is InChI=1S/C75H132O17P2/c1-5-9-13-17-21-25-29-32-33-34-35-38-41-44-48-52-56-60-73(78)86-66-71(92-75(80)62-58-54-50-46-42-37-31-27-23-19-15-11-7-3)68-90-94(83,84)88-64-69(76)63-87-93(81,82)89-67-70(91-74(79)61-57-53-49-45-39-28-24-20-16-12-8-4)65-85-72(77)59-55-51-47-43-40-36-30-26-22-18-14-10-6-2/h9,13,20-21,24-27,30-33,35,38,69-71,76H,5-8,10-12,14-19,22-23,28-29,34,36-37,39-68H2,1-4H3,(H,81,82)(H,83,84)/b13-9-,24-20-,25-21-,30-26-,31-27-,33-32-,38-35-. The minimum absolute atomic E-state index is 0.0798. The molecule has 5 atom stereocenters. The minimum atomic E-state index is -4.98. The van der Waals surface area contributed by atoms with Crippen molar-refractivity contribution in [3.05, 3.63) is 85.1 Å². The summed E-state index contributed by atoms with van der Waals surface area (Å²) in [6.07, 6.45) is 67.3. The molecule has 0 saturated heterocycles. The lowest BCUT2D eigenvalue weighted by molar-refractivity contribution is -0.161. The average Bonchev–Trinajstić information content (AvgIpc) is 2.15. The van der Waals surface area contributed by atoms with E-state index in [9.17, 15) is 43.2 Å². The van der Waals surface area contributed by atoms with Gasteiger partial charge in [0.2, 0.25) is 0 Å². The van der Waals surface area contributed by atoms with Gasteiger partial charge in [0.05, 0.1) is 26.4 Å². The summed E-state index contributed by atoms with van der Waals surface area (Å²) in [6, 6.07) is 0. The number of unbranched alkanes of at least 4 members (excludes halogenated alkanes) is 29. The van der Waals surface area contributed by atoms with E-state index in [0.717, 1.165) is 167 Å². The number of phosphoric acid groups is 2. The van der Waals surface area contributed by atoms with E-state index in [1.54, 1.807) is 0 Å². The number of hydrogen-bond donors (Lipinski definition) is 3. The smallest absolute Gasteiger partial charge is 0.462 e. The van der Waals surface area contributed by atoms with Gasteiger partial charge in [-0.1, -0.05) is 235 Å². The maximum atomic E-state index is 13.0. The summed E-state index contributed by atoms with van der Waals surface area (Å²) in [5, 5.41) is 10.6. The Labute approximate surface area is 570 Å². The van der Waals surface area contributed by atoms with Gasteiger partial charge in [-0.25, -0.2) is 9.13 Å². The van der Waals surface area contributed by atoms with Crippen molar-refractivity contribution in [1.82, 2.24) is 0 Å². The van der Waals surface area contributed by atoms with Crippen LogP contribution in [0.15, 0.2) is 85.1 Å². The molecule has 0 aromatic heterocycles. The number of carbonyl (C=O) groups excluding carboxylic acids is 4. The maximum absolute atomic E-state index is 13.0. The van der Waals surface area contributed by atoms with E-state index >= 15 is 0 Å². The van der Waals surface area contributed by atoms with Gasteiger partial charge in [0, 0.05) is 25.7 Å². The first kappa shape index (κ1) is 90.2. The quantitative estimate of drug-likeness (QED) is 0.0169. The van der Waals surface area contributed by atoms with Crippen LogP contribution in [0.2, 0.25) is 0 Å². The molecule has 0 rings (SSSR count). The monoisotopic (exact) mass is 1370 g/mol. The maximum Gasteiger partial charge on any atom is 0.472 e. The van der Waals surface area contributed by atoms with E-state index in [1.807, 2.05) is 0 Å². The second-order valence-electron chi connectivity index (χ2n) is 24.5. The number of esters is 4. The normalized spacial score (nSPS) is 14.5. The van der Waals surface area contributed by atoms with E-state index in [4.69, 9.17) is 37.0 Å². The molecule has 0 aromatic rings. The van der Waals surface area contributed by atoms with Crippen molar-refractivity contribution in [2.75, 3.05) is 39.6 Å². The second-order valence-corrected chi connectivity index (χ2v) is 27.4. The summed E-state index contributed by atoms with van der Waals surface area (Å²) in [5.41, 5.74) is 0. The number of rotatable bonds is 69. The van der Waals surface area contributed by atoms with Gasteiger partial charge < -0.3 is 33.8 Å². The molecule has 0 spiro atoms. The molecule has 0 aliphatic rings. The van der Waals surface area contributed by atoms with E-state index in [0.29, 0.717) is 25.7 Å². The van der Waals surface area contributed by atoms with Crippen LogP contribution in [0.4, 0.5) is 0 Å².